The number of thiophene rings is 1. The van der Waals surface area contributed by atoms with Crippen molar-refractivity contribution in [3.8, 4) is 0 Å². The maximum absolute atomic E-state index is 12.9. The summed E-state index contributed by atoms with van der Waals surface area (Å²) in [6, 6.07) is 10.4. The molecule has 9 heteroatoms. The summed E-state index contributed by atoms with van der Waals surface area (Å²) >= 11 is 1.49. The molecule has 0 saturated carbocycles. The van der Waals surface area contributed by atoms with E-state index < -0.39 is 11.9 Å². The molecule has 0 spiro atoms. The molecule has 0 atom stereocenters. The average Bonchev–Trinajstić information content (AvgIpc) is 3.19. The van der Waals surface area contributed by atoms with Gasteiger partial charge in [0.2, 0.25) is 0 Å². The molecule has 1 amide bonds. The summed E-state index contributed by atoms with van der Waals surface area (Å²) in [7, 11) is 0. The van der Waals surface area contributed by atoms with Gasteiger partial charge >= 0.3 is 11.9 Å². The van der Waals surface area contributed by atoms with Crippen molar-refractivity contribution in [2.45, 2.75) is 6.54 Å². The van der Waals surface area contributed by atoms with E-state index in [1.54, 1.807) is 0 Å². The maximum Gasteiger partial charge on any atom is 0.414 e. The molecule has 0 bridgehead atoms. The Labute approximate surface area is 159 Å². The summed E-state index contributed by atoms with van der Waals surface area (Å²) in [4.78, 5) is 35.5. The number of nitrogens with zero attached hydrogens (tertiary/aromatic N) is 2. The van der Waals surface area contributed by atoms with Crippen LogP contribution >= 0.6 is 11.3 Å². The highest BCUT2D eigenvalue weighted by atomic mass is 32.1. The standard InChI is InChI=1S/C16H17FN2OS.C2H2O4/c17-14-5-3-13(4-6-14)12-18-7-9-19(10-8-18)16(20)15-2-1-11-21-15;3-1(4)2(5)6/h1-6,11H,7-10,12H2;(H,3,4)(H,5,6). The van der Waals surface area contributed by atoms with E-state index in [9.17, 15) is 9.18 Å². The number of piperazine rings is 1. The third kappa shape index (κ3) is 6.46. The Morgan fingerprint density at radius 1 is 0.963 bits per heavy atom. The van der Waals surface area contributed by atoms with Crippen LogP contribution in [0.4, 0.5) is 4.39 Å². The minimum absolute atomic E-state index is 0.131. The van der Waals surface area contributed by atoms with Crippen molar-refractivity contribution < 1.29 is 29.0 Å². The van der Waals surface area contributed by atoms with Gasteiger partial charge in [-0.2, -0.15) is 0 Å². The second kappa shape index (κ2) is 9.79. The minimum Gasteiger partial charge on any atom is -0.473 e. The van der Waals surface area contributed by atoms with Gasteiger partial charge in [-0.25, -0.2) is 14.0 Å². The van der Waals surface area contributed by atoms with Crippen LogP contribution in [0, 0.1) is 5.82 Å². The Morgan fingerprint density at radius 2 is 1.56 bits per heavy atom. The quantitative estimate of drug-likeness (QED) is 0.773. The number of halogens is 1. The average molecular weight is 394 g/mol. The van der Waals surface area contributed by atoms with Crippen molar-refractivity contribution >= 4 is 29.2 Å². The zero-order valence-corrected chi connectivity index (χ0v) is 15.2. The molecule has 7 nitrogen and oxygen atoms in total. The first-order valence-electron chi connectivity index (χ1n) is 8.12. The Bertz CT molecular complexity index is 760. The van der Waals surface area contributed by atoms with Crippen molar-refractivity contribution in [2.24, 2.45) is 0 Å². The molecule has 27 heavy (non-hydrogen) atoms. The molecule has 0 unspecified atom stereocenters. The fraction of sp³-hybridized carbons (Fsp3) is 0.278. The Kier molecular flexibility index (Phi) is 7.44. The van der Waals surface area contributed by atoms with Crippen LogP contribution in [0.5, 0.6) is 0 Å². The maximum atomic E-state index is 12.9. The third-order valence-corrected chi connectivity index (χ3v) is 4.75. The Morgan fingerprint density at radius 3 is 2.04 bits per heavy atom. The van der Waals surface area contributed by atoms with E-state index in [0.717, 1.165) is 43.2 Å². The van der Waals surface area contributed by atoms with Crippen molar-refractivity contribution in [1.29, 1.82) is 0 Å². The molecule has 144 valence electrons. The van der Waals surface area contributed by atoms with Crippen molar-refractivity contribution in [2.75, 3.05) is 26.2 Å². The van der Waals surface area contributed by atoms with Crippen molar-refractivity contribution in [1.82, 2.24) is 9.80 Å². The van der Waals surface area contributed by atoms with E-state index in [-0.39, 0.29) is 11.7 Å². The Balaban J connectivity index is 0.000000380. The molecule has 1 aliphatic rings. The third-order valence-electron chi connectivity index (χ3n) is 3.89. The van der Waals surface area contributed by atoms with E-state index in [2.05, 4.69) is 4.90 Å². The topological polar surface area (TPSA) is 98.1 Å². The SMILES string of the molecule is O=C(O)C(=O)O.O=C(c1cccs1)N1CCN(Cc2ccc(F)cc2)CC1. The molecule has 0 aliphatic carbocycles. The van der Waals surface area contributed by atoms with Crippen LogP contribution < -0.4 is 0 Å². The molecule has 1 fully saturated rings. The number of benzene rings is 1. The van der Waals surface area contributed by atoms with E-state index >= 15 is 0 Å². The van der Waals surface area contributed by atoms with Crippen LogP contribution in [0.25, 0.3) is 0 Å². The normalized spacial score (nSPS) is 14.2. The molecule has 2 aromatic rings. The first-order valence-corrected chi connectivity index (χ1v) is 9.00. The molecular weight excluding hydrogens is 375 g/mol. The van der Waals surface area contributed by atoms with Crippen molar-refractivity contribution in [3.63, 3.8) is 0 Å². The van der Waals surface area contributed by atoms with Gasteiger partial charge in [0.1, 0.15) is 5.82 Å². The molecule has 2 heterocycles. The smallest absolute Gasteiger partial charge is 0.414 e. The first kappa shape index (κ1) is 20.5. The summed E-state index contributed by atoms with van der Waals surface area (Å²) < 4.78 is 12.9. The summed E-state index contributed by atoms with van der Waals surface area (Å²) in [6.07, 6.45) is 0. The molecule has 1 saturated heterocycles. The lowest BCUT2D eigenvalue weighted by Gasteiger charge is -2.34. The zero-order chi connectivity index (χ0) is 19.8. The molecule has 0 radical (unpaired) electrons. The second-order valence-electron chi connectivity index (χ2n) is 5.78. The van der Waals surface area contributed by atoms with Crippen LogP contribution in [0.15, 0.2) is 41.8 Å². The lowest BCUT2D eigenvalue weighted by atomic mass is 10.2. The van der Waals surface area contributed by atoms with Gasteiger partial charge in [-0.1, -0.05) is 18.2 Å². The van der Waals surface area contributed by atoms with Crippen LogP contribution in [0.2, 0.25) is 0 Å². The largest absolute Gasteiger partial charge is 0.473 e. The van der Waals surface area contributed by atoms with Crippen LogP contribution in [-0.2, 0) is 16.1 Å². The fourth-order valence-electron chi connectivity index (χ4n) is 2.51. The predicted molar refractivity (Wildman–Crippen MR) is 97.2 cm³/mol. The molecule has 1 aromatic heterocycles. The zero-order valence-electron chi connectivity index (χ0n) is 14.4. The number of carboxylic acid groups (broad SMARTS) is 2. The van der Waals surface area contributed by atoms with Crippen LogP contribution in [-0.4, -0.2) is 64.0 Å². The highest BCUT2D eigenvalue weighted by Crippen LogP contribution is 2.15. The van der Waals surface area contributed by atoms with Gasteiger partial charge in [-0.15, -0.1) is 11.3 Å². The predicted octanol–water partition coefficient (Wildman–Crippen LogP) is 2.00. The number of amides is 1. The summed E-state index contributed by atoms with van der Waals surface area (Å²) in [5.41, 5.74) is 1.11. The van der Waals surface area contributed by atoms with Gasteiger partial charge in [0.25, 0.3) is 5.91 Å². The van der Waals surface area contributed by atoms with Gasteiger partial charge in [-0.3, -0.25) is 9.69 Å². The number of carbonyl (C=O) groups excluding carboxylic acids is 1. The van der Waals surface area contributed by atoms with Gasteiger partial charge < -0.3 is 15.1 Å². The number of hydrogen-bond donors (Lipinski definition) is 2. The van der Waals surface area contributed by atoms with Crippen molar-refractivity contribution in [3.05, 3.63) is 58.0 Å². The summed E-state index contributed by atoms with van der Waals surface area (Å²) in [5, 5.41) is 16.7. The number of rotatable bonds is 3. The van der Waals surface area contributed by atoms with E-state index in [4.69, 9.17) is 19.8 Å². The molecule has 3 rings (SSSR count). The number of carbonyl (C=O) groups is 3. The van der Waals surface area contributed by atoms with Crippen LogP contribution in [0.3, 0.4) is 0 Å². The van der Waals surface area contributed by atoms with E-state index in [1.165, 1.54) is 23.5 Å². The highest BCUT2D eigenvalue weighted by Gasteiger charge is 2.22. The number of hydrogen-bond acceptors (Lipinski definition) is 5. The second-order valence-corrected chi connectivity index (χ2v) is 6.73. The van der Waals surface area contributed by atoms with Gasteiger partial charge in [0.15, 0.2) is 0 Å². The fourth-order valence-corrected chi connectivity index (χ4v) is 3.20. The van der Waals surface area contributed by atoms with E-state index in [1.807, 2.05) is 34.5 Å². The minimum atomic E-state index is -1.82. The Hall–Kier alpha value is -2.78. The van der Waals surface area contributed by atoms with Gasteiger partial charge in [0.05, 0.1) is 4.88 Å². The molecule has 2 N–H and O–H groups in total. The van der Waals surface area contributed by atoms with E-state index in [0.29, 0.717) is 0 Å². The first-order chi connectivity index (χ1) is 12.9. The molecular formula is C18H19FN2O5S. The lowest BCUT2D eigenvalue weighted by molar-refractivity contribution is -0.159. The summed E-state index contributed by atoms with van der Waals surface area (Å²) in [5.74, 6) is -3.72. The highest BCUT2D eigenvalue weighted by molar-refractivity contribution is 7.12. The number of carboxylic acids is 2. The lowest BCUT2D eigenvalue weighted by Crippen LogP contribution is -2.48. The van der Waals surface area contributed by atoms with Gasteiger partial charge in [0, 0.05) is 32.7 Å². The monoisotopic (exact) mass is 394 g/mol. The number of aliphatic carboxylic acids is 2. The van der Waals surface area contributed by atoms with Gasteiger partial charge in [-0.05, 0) is 29.1 Å². The van der Waals surface area contributed by atoms with Crippen LogP contribution in [0.1, 0.15) is 15.2 Å². The molecule has 1 aromatic carbocycles. The summed E-state index contributed by atoms with van der Waals surface area (Å²) in [6.45, 7) is 4.01. The molecule has 1 aliphatic heterocycles.